The number of hydrogen-bond acceptors (Lipinski definition) is 3. The standard InChI is InChI=1S/C18H13BrO3/c1-21-16-9-7-14(19)10-13(16)6-8-15(20)18-11-12-4-2-3-5-17(12)22-18/h2-11H,1H3. The molecular formula is C18H13BrO3. The highest BCUT2D eigenvalue weighted by Crippen LogP contribution is 2.25. The van der Waals surface area contributed by atoms with Crippen LogP contribution in [0.5, 0.6) is 5.75 Å². The van der Waals surface area contributed by atoms with Gasteiger partial charge in [0.15, 0.2) is 5.76 Å². The van der Waals surface area contributed by atoms with Crippen LogP contribution in [-0.4, -0.2) is 12.9 Å². The molecule has 0 unspecified atom stereocenters. The van der Waals surface area contributed by atoms with Crippen molar-refractivity contribution >= 4 is 38.8 Å². The predicted octanol–water partition coefficient (Wildman–Crippen LogP) is 5.10. The lowest BCUT2D eigenvalue weighted by atomic mass is 10.1. The molecule has 0 N–H and O–H groups in total. The summed E-state index contributed by atoms with van der Waals surface area (Å²) in [6, 6.07) is 14.9. The minimum atomic E-state index is -0.182. The van der Waals surface area contributed by atoms with Crippen LogP contribution in [0.2, 0.25) is 0 Å². The number of halogens is 1. The second-order valence-electron chi connectivity index (χ2n) is 4.73. The Morgan fingerprint density at radius 1 is 1.18 bits per heavy atom. The Balaban J connectivity index is 1.89. The number of rotatable bonds is 4. The van der Waals surface area contributed by atoms with E-state index in [0.717, 1.165) is 15.4 Å². The highest BCUT2D eigenvalue weighted by molar-refractivity contribution is 9.10. The second kappa shape index (κ2) is 6.20. The summed E-state index contributed by atoms with van der Waals surface area (Å²) < 4.78 is 11.8. The van der Waals surface area contributed by atoms with E-state index in [4.69, 9.17) is 9.15 Å². The van der Waals surface area contributed by atoms with Crippen LogP contribution in [0.25, 0.3) is 17.0 Å². The molecule has 22 heavy (non-hydrogen) atoms. The molecule has 0 spiro atoms. The van der Waals surface area contributed by atoms with Crippen LogP contribution in [0.1, 0.15) is 16.1 Å². The van der Waals surface area contributed by atoms with Crippen molar-refractivity contribution in [2.24, 2.45) is 0 Å². The Morgan fingerprint density at radius 2 is 2.00 bits per heavy atom. The molecule has 0 saturated heterocycles. The van der Waals surface area contributed by atoms with E-state index in [1.54, 1.807) is 19.3 Å². The Kier molecular flexibility index (Phi) is 4.11. The van der Waals surface area contributed by atoms with Gasteiger partial charge in [0.05, 0.1) is 7.11 Å². The minimum absolute atomic E-state index is 0.182. The molecule has 110 valence electrons. The maximum atomic E-state index is 12.2. The number of carbonyl (C=O) groups is 1. The number of furan rings is 1. The first-order valence-corrected chi connectivity index (χ1v) is 7.51. The van der Waals surface area contributed by atoms with Gasteiger partial charge in [0.2, 0.25) is 5.78 Å². The zero-order chi connectivity index (χ0) is 15.5. The van der Waals surface area contributed by atoms with Crippen molar-refractivity contribution in [3.8, 4) is 5.75 Å². The van der Waals surface area contributed by atoms with Gasteiger partial charge in [-0.15, -0.1) is 0 Å². The topological polar surface area (TPSA) is 39.4 Å². The molecule has 1 aromatic heterocycles. The van der Waals surface area contributed by atoms with Gasteiger partial charge in [-0.3, -0.25) is 4.79 Å². The monoisotopic (exact) mass is 356 g/mol. The number of para-hydroxylation sites is 1. The summed E-state index contributed by atoms with van der Waals surface area (Å²) >= 11 is 3.41. The molecule has 4 heteroatoms. The van der Waals surface area contributed by atoms with Crippen LogP contribution in [0.3, 0.4) is 0 Å². The molecule has 0 amide bonds. The van der Waals surface area contributed by atoms with Crippen molar-refractivity contribution in [1.82, 2.24) is 0 Å². The van der Waals surface area contributed by atoms with Gasteiger partial charge in [-0.1, -0.05) is 34.1 Å². The quantitative estimate of drug-likeness (QED) is 0.482. The highest BCUT2D eigenvalue weighted by Gasteiger charge is 2.09. The third-order valence-corrected chi connectivity index (χ3v) is 3.77. The van der Waals surface area contributed by atoms with Gasteiger partial charge in [0.1, 0.15) is 11.3 Å². The number of hydrogen-bond donors (Lipinski definition) is 0. The molecule has 3 aromatic rings. The number of ether oxygens (including phenoxy) is 1. The number of fused-ring (bicyclic) bond motifs is 1. The summed E-state index contributed by atoms with van der Waals surface area (Å²) in [5.41, 5.74) is 1.53. The van der Waals surface area contributed by atoms with Crippen molar-refractivity contribution in [1.29, 1.82) is 0 Å². The van der Waals surface area contributed by atoms with Crippen LogP contribution >= 0.6 is 15.9 Å². The maximum absolute atomic E-state index is 12.2. The molecule has 2 aromatic carbocycles. The third kappa shape index (κ3) is 2.97. The Hall–Kier alpha value is -2.33. The Bertz CT molecular complexity index is 829. The van der Waals surface area contributed by atoms with Crippen molar-refractivity contribution in [2.45, 2.75) is 0 Å². The fourth-order valence-corrected chi connectivity index (χ4v) is 2.57. The Labute approximate surface area is 136 Å². The number of allylic oxidation sites excluding steroid dienone is 1. The number of carbonyl (C=O) groups excluding carboxylic acids is 1. The summed E-state index contributed by atoms with van der Waals surface area (Å²) in [5, 5.41) is 0.916. The van der Waals surface area contributed by atoms with E-state index >= 15 is 0 Å². The number of ketones is 1. The summed E-state index contributed by atoms with van der Waals surface area (Å²) in [6.07, 6.45) is 3.21. The Morgan fingerprint density at radius 3 is 2.77 bits per heavy atom. The largest absolute Gasteiger partial charge is 0.496 e. The molecule has 3 nitrogen and oxygen atoms in total. The average molecular weight is 357 g/mol. The fourth-order valence-electron chi connectivity index (χ4n) is 2.19. The van der Waals surface area contributed by atoms with Crippen LogP contribution in [-0.2, 0) is 0 Å². The molecule has 0 bridgehead atoms. The second-order valence-corrected chi connectivity index (χ2v) is 5.65. The van der Waals surface area contributed by atoms with Crippen LogP contribution in [0.15, 0.2) is 63.5 Å². The van der Waals surface area contributed by atoms with Crippen LogP contribution < -0.4 is 4.74 Å². The fraction of sp³-hybridized carbons (Fsp3) is 0.0556. The highest BCUT2D eigenvalue weighted by atomic mass is 79.9. The van der Waals surface area contributed by atoms with E-state index in [0.29, 0.717) is 17.1 Å². The maximum Gasteiger partial charge on any atom is 0.221 e. The average Bonchev–Trinajstić information content (AvgIpc) is 2.97. The molecule has 1 heterocycles. The first kappa shape index (κ1) is 14.6. The van der Waals surface area contributed by atoms with E-state index in [9.17, 15) is 4.79 Å². The third-order valence-electron chi connectivity index (χ3n) is 3.27. The van der Waals surface area contributed by atoms with Crippen molar-refractivity contribution < 1.29 is 13.9 Å². The van der Waals surface area contributed by atoms with Gasteiger partial charge in [-0.2, -0.15) is 0 Å². The van der Waals surface area contributed by atoms with Crippen molar-refractivity contribution in [3.05, 3.63) is 70.4 Å². The first-order valence-electron chi connectivity index (χ1n) is 6.72. The van der Waals surface area contributed by atoms with Crippen molar-refractivity contribution in [3.63, 3.8) is 0 Å². The van der Waals surface area contributed by atoms with E-state index in [-0.39, 0.29) is 5.78 Å². The predicted molar refractivity (Wildman–Crippen MR) is 90.3 cm³/mol. The van der Waals surface area contributed by atoms with Gasteiger partial charge >= 0.3 is 0 Å². The molecule has 3 rings (SSSR count). The lowest BCUT2D eigenvalue weighted by Gasteiger charge is -2.04. The molecule has 0 aliphatic rings. The number of benzene rings is 2. The van der Waals surface area contributed by atoms with Crippen LogP contribution in [0.4, 0.5) is 0 Å². The van der Waals surface area contributed by atoms with E-state index in [2.05, 4.69) is 15.9 Å². The van der Waals surface area contributed by atoms with Crippen LogP contribution in [0, 0.1) is 0 Å². The molecule has 0 aliphatic heterocycles. The summed E-state index contributed by atoms with van der Waals surface area (Å²) in [5.74, 6) is 0.849. The zero-order valence-electron chi connectivity index (χ0n) is 11.9. The molecule has 0 fully saturated rings. The first-order chi connectivity index (χ1) is 10.7. The van der Waals surface area contributed by atoms with E-state index in [1.807, 2.05) is 42.5 Å². The smallest absolute Gasteiger partial charge is 0.221 e. The lowest BCUT2D eigenvalue weighted by Crippen LogP contribution is -1.91. The molecule has 0 saturated carbocycles. The molecule has 0 aliphatic carbocycles. The number of methoxy groups -OCH3 is 1. The van der Waals surface area contributed by atoms with Gasteiger partial charge < -0.3 is 9.15 Å². The lowest BCUT2D eigenvalue weighted by molar-refractivity contribution is 0.102. The molecular weight excluding hydrogens is 344 g/mol. The summed E-state index contributed by atoms with van der Waals surface area (Å²) in [4.78, 5) is 12.2. The van der Waals surface area contributed by atoms with Gasteiger partial charge in [-0.05, 0) is 42.5 Å². The normalized spacial score (nSPS) is 11.2. The summed E-state index contributed by atoms with van der Waals surface area (Å²) in [6.45, 7) is 0. The van der Waals surface area contributed by atoms with Gasteiger partial charge in [-0.25, -0.2) is 0 Å². The SMILES string of the molecule is COc1ccc(Br)cc1C=CC(=O)c1cc2ccccc2o1. The summed E-state index contributed by atoms with van der Waals surface area (Å²) in [7, 11) is 1.60. The minimum Gasteiger partial charge on any atom is -0.496 e. The zero-order valence-corrected chi connectivity index (χ0v) is 13.5. The van der Waals surface area contributed by atoms with Crippen molar-refractivity contribution in [2.75, 3.05) is 7.11 Å². The van der Waals surface area contributed by atoms with E-state index < -0.39 is 0 Å². The molecule has 0 radical (unpaired) electrons. The molecule has 0 atom stereocenters. The van der Waals surface area contributed by atoms with Gasteiger partial charge in [0.25, 0.3) is 0 Å². The van der Waals surface area contributed by atoms with E-state index in [1.165, 1.54) is 6.08 Å². The van der Waals surface area contributed by atoms with Gasteiger partial charge in [0, 0.05) is 15.4 Å².